The quantitative estimate of drug-likeness (QED) is 0.611. The highest BCUT2D eigenvalue weighted by molar-refractivity contribution is 5.93. The van der Waals surface area contributed by atoms with Crippen molar-refractivity contribution >= 4 is 5.91 Å². The Morgan fingerprint density at radius 2 is 1.90 bits per heavy atom. The Bertz CT molecular complexity index is 910. The molecule has 2 aromatic heterocycles. The number of carbonyl (C=O) groups is 1. The Hall–Kier alpha value is -3.06. The number of furan rings is 1. The number of rotatable bonds is 7. The Morgan fingerprint density at radius 1 is 1.10 bits per heavy atom. The number of hydrogen-bond donors (Lipinski definition) is 0. The van der Waals surface area contributed by atoms with Gasteiger partial charge in [0, 0.05) is 32.2 Å². The van der Waals surface area contributed by atoms with Gasteiger partial charge in [0.15, 0.2) is 11.5 Å². The zero-order chi connectivity index (χ0) is 20.1. The van der Waals surface area contributed by atoms with Crippen LogP contribution < -0.4 is 4.74 Å². The van der Waals surface area contributed by atoms with Crippen LogP contribution in [0.4, 0.5) is 0 Å². The summed E-state index contributed by atoms with van der Waals surface area (Å²) in [5.41, 5.74) is 1.64. The summed E-state index contributed by atoms with van der Waals surface area (Å²) in [6.07, 6.45) is 3.70. The number of methoxy groups -OCH3 is 1. The fourth-order valence-corrected chi connectivity index (χ4v) is 3.55. The maximum absolute atomic E-state index is 12.7. The first kappa shape index (κ1) is 19.3. The molecule has 0 radical (unpaired) electrons. The number of benzene rings is 1. The largest absolute Gasteiger partial charge is 0.497 e. The Labute approximate surface area is 169 Å². The van der Waals surface area contributed by atoms with Crippen molar-refractivity contribution in [3.8, 4) is 17.3 Å². The van der Waals surface area contributed by atoms with E-state index in [1.807, 2.05) is 17.0 Å². The van der Waals surface area contributed by atoms with Crippen molar-refractivity contribution in [1.82, 2.24) is 15.0 Å². The molecule has 1 aromatic carbocycles. The van der Waals surface area contributed by atoms with Crippen LogP contribution in [0.3, 0.4) is 0 Å². The third-order valence-corrected chi connectivity index (χ3v) is 5.25. The van der Waals surface area contributed by atoms with Crippen molar-refractivity contribution in [1.29, 1.82) is 0 Å². The maximum atomic E-state index is 12.7. The van der Waals surface area contributed by atoms with Gasteiger partial charge in [-0.3, -0.25) is 9.69 Å². The molecule has 0 aliphatic carbocycles. The number of aryl methyl sites for hydroxylation is 1. The van der Waals surface area contributed by atoms with Crippen molar-refractivity contribution in [2.45, 2.75) is 12.8 Å². The van der Waals surface area contributed by atoms with Crippen LogP contribution in [0.25, 0.3) is 11.5 Å². The van der Waals surface area contributed by atoms with Crippen molar-refractivity contribution in [2.24, 2.45) is 0 Å². The van der Waals surface area contributed by atoms with E-state index in [9.17, 15) is 4.79 Å². The molecule has 3 aromatic rings. The smallest absolute Gasteiger partial charge is 0.276 e. The van der Waals surface area contributed by atoms with E-state index in [4.69, 9.17) is 13.7 Å². The van der Waals surface area contributed by atoms with Crippen LogP contribution in [0, 0.1) is 0 Å². The summed E-state index contributed by atoms with van der Waals surface area (Å²) >= 11 is 0. The van der Waals surface area contributed by atoms with Crippen LogP contribution >= 0.6 is 0 Å². The lowest BCUT2D eigenvalue weighted by Gasteiger charge is -2.34. The molecule has 29 heavy (non-hydrogen) atoms. The second kappa shape index (κ2) is 8.96. The number of amides is 1. The van der Waals surface area contributed by atoms with Gasteiger partial charge in [-0.1, -0.05) is 17.3 Å². The minimum absolute atomic E-state index is 0.0931. The Balaban J connectivity index is 1.22. The monoisotopic (exact) mass is 395 g/mol. The topological polar surface area (TPSA) is 72.0 Å². The number of piperazine rings is 1. The highest BCUT2D eigenvalue weighted by atomic mass is 16.5. The molecule has 4 rings (SSSR count). The molecule has 1 amide bonds. The first-order valence-corrected chi connectivity index (χ1v) is 9.88. The standard InChI is InChI=1S/C22H25N3O4/c1-27-18-8-6-17(7-9-18)4-2-10-24-11-13-25(14-12-24)22(26)19-16-21(29-23-19)20-5-3-15-28-20/h3,5-9,15-16H,2,4,10-14H2,1H3. The van der Waals surface area contributed by atoms with E-state index in [-0.39, 0.29) is 5.91 Å². The molecule has 1 fully saturated rings. The number of ether oxygens (including phenoxy) is 1. The fraction of sp³-hybridized carbons (Fsp3) is 0.364. The second-order valence-electron chi connectivity index (χ2n) is 7.14. The summed E-state index contributed by atoms with van der Waals surface area (Å²) in [6.45, 7) is 4.17. The second-order valence-corrected chi connectivity index (χ2v) is 7.14. The molecule has 0 N–H and O–H groups in total. The van der Waals surface area contributed by atoms with Gasteiger partial charge >= 0.3 is 0 Å². The minimum Gasteiger partial charge on any atom is -0.497 e. The highest BCUT2D eigenvalue weighted by Crippen LogP contribution is 2.21. The molecular weight excluding hydrogens is 370 g/mol. The first-order chi connectivity index (χ1) is 14.2. The van der Waals surface area contributed by atoms with E-state index < -0.39 is 0 Å². The molecular formula is C22H25N3O4. The molecule has 7 heteroatoms. The van der Waals surface area contributed by atoms with Crippen molar-refractivity contribution < 1.29 is 18.5 Å². The lowest BCUT2D eigenvalue weighted by Crippen LogP contribution is -2.49. The average Bonchev–Trinajstić information content (AvgIpc) is 3.46. The number of aromatic nitrogens is 1. The lowest BCUT2D eigenvalue weighted by molar-refractivity contribution is 0.0626. The van der Waals surface area contributed by atoms with Gasteiger partial charge in [-0.2, -0.15) is 0 Å². The molecule has 1 aliphatic rings. The summed E-state index contributed by atoms with van der Waals surface area (Å²) in [7, 11) is 1.68. The SMILES string of the molecule is COc1ccc(CCCN2CCN(C(=O)c3cc(-c4ccco4)on3)CC2)cc1. The number of hydrogen-bond acceptors (Lipinski definition) is 6. The van der Waals surface area contributed by atoms with Crippen LogP contribution in [0.5, 0.6) is 5.75 Å². The van der Waals surface area contributed by atoms with Gasteiger partial charge in [-0.25, -0.2) is 0 Å². The minimum atomic E-state index is -0.0931. The van der Waals surface area contributed by atoms with Gasteiger partial charge in [0.05, 0.1) is 13.4 Å². The van der Waals surface area contributed by atoms with Crippen LogP contribution in [0.1, 0.15) is 22.5 Å². The molecule has 0 bridgehead atoms. The summed E-state index contributed by atoms with van der Waals surface area (Å²) < 4.78 is 15.7. The van der Waals surface area contributed by atoms with Gasteiger partial charge in [-0.05, 0) is 49.2 Å². The summed E-state index contributed by atoms with van der Waals surface area (Å²) in [4.78, 5) is 16.9. The van der Waals surface area contributed by atoms with Gasteiger partial charge in [0.2, 0.25) is 5.76 Å². The van der Waals surface area contributed by atoms with Crippen LogP contribution in [0.15, 0.2) is 57.7 Å². The van der Waals surface area contributed by atoms with Gasteiger partial charge in [-0.15, -0.1) is 0 Å². The van der Waals surface area contributed by atoms with E-state index in [1.54, 1.807) is 31.6 Å². The van der Waals surface area contributed by atoms with Gasteiger partial charge in [0.1, 0.15) is 5.75 Å². The highest BCUT2D eigenvalue weighted by Gasteiger charge is 2.25. The molecule has 7 nitrogen and oxygen atoms in total. The summed E-state index contributed by atoms with van der Waals surface area (Å²) in [5, 5.41) is 3.91. The average molecular weight is 395 g/mol. The van der Waals surface area contributed by atoms with Crippen molar-refractivity contribution in [3.05, 3.63) is 60.0 Å². The lowest BCUT2D eigenvalue weighted by atomic mass is 10.1. The third kappa shape index (κ3) is 4.68. The van der Waals surface area contributed by atoms with Crippen molar-refractivity contribution in [3.63, 3.8) is 0 Å². The predicted molar refractivity (Wildman–Crippen MR) is 108 cm³/mol. The van der Waals surface area contributed by atoms with Gasteiger partial charge < -0.3 is 18.6 Å². The van der Waals surface area contributed by atoms with Crippen LogP contribution in [-0.4, -0.2) is 60.7 Å². The Morgan fingerprint density at radius 3 is 2.59 bits per heavy atom. The molecule has 1 aliphatic heterocycles. The molecule has 0 atom stereocenters. The van der Waals surface area contributed by atoms with Gasteiger partial charge in [0.25, 0.3) is 5.91 Å². The molecule has 152 valence electrons. The fourth-order valence-electron chi connectivity index (χ4n) is 3.55. The molecule has 3 heterocycles. The predicted octanol–water partition coefficient (Wildman–Crippen LogP) is 3.33. The number of carbonyl (C=O) groups excluding carboxylic acids is 1. The molecule has 0 unspecified atom stereocenters. The maximum Gasteiger partial charge on any atom is 0.276 e. The van der Waals surface area contributed by atoms with Crippen LogP contribution in [0.2, 0.25) is 0 Å². The van der Waals surface area contributed by atoms with E-state index in [0.717, 1.165) is 38.2 Å². The third-order valence-electron chi connectivity index (χ3n) is 5.25. The first-order valence-electron chi connectivity index (χ1n) is 9.88. The summed E-state index contributed by atoms with van der Waals surface area (Å²) in [5.74, 6) is 1.83. The zero-order valence-electron chi connectivity index (χ0n) is 16.5. The van der Waals surface area contributed by atoms with E-state index in [1.165, 1.54) is 5.56 Å². The van der Waals surface area contributed by atoms with Crippen LogP contribution in [-0.2, 0) is 6.42 Å². The summed E-state index contributed by atoms with van der Waals surface area (Å²) in [6, 6.07) is 13.4. The van der Waals surface area contributed by atoms with E-state index >= 15 is 0 Å². The number of nitrogens with zero attached hydrogens (tertiary/aromatic N) is 3. The molecule has 1 saturated heterocycles. The van der Waals surface area contributed by atoms with E-state index in [0.29, 0.717) is 30.3 Å². The normalized spacial score (nSPS) is 14.9. The molecule has 0 saturated carbocycles. The van der Waals surface area contributed by atoms with E-state index in [2.05, 4.69) is 22.2 Å². The van der Waals surface area contributed by atoms with Crippen molar-refractivity contribution in [2.75, 3.05) is 39.8 Å². The molecule has 0 spiro atoms. The Kier molecular flexibility index (Phi) is 5.95. The zero-order valence-corrected chi connectivity index (χ0v) is 16.5.